The summed E-state index contributed by atoms with van der Waals surface area (Å²) in [7, 11) is 1.53. The maximum atomic E-state index is 11.7. The van der Waals surface area contributed by atoms with E-state index in [1.54, 1.807) is 0 Å². The van der Waals surface area contributed by atoms with Gasteiger partial charge in [0.2, 0.25) is 0 Å². The average molecular weight is 361 g/mol. The van der Waals surface area contributed by atoms with E-state index in [0.717, 1.165) is 42.4 Å². The third-order valence-corrected chi connectivity index (χ3v) is 8.13. The number of methoxy groups -OCH3 is 1. The van der Waals surface area contributed by atoms with Crippen molar-refractivity contribution in [1.82, 2.24) is 0 Å². The topological polar surface area (TPSA) is 26.3 Å². The van der Waals surface area contributed by atoms with Crippen LogP contribution in [0.2, 0.25) is 0 Å². The molecule has 0 unspecified atom stereocenters. The van der Waals surface area contributed by atoms with E-state index in [4.69, 9.17) is 4.74 Å². The van der Waals surface area contributed by atoms with Gasteiger partial charge in [-0.05, 0) is 107 Å². The number of esters is 1. The molecule has 148 valence electrons. The van der Waals surface area contributed by atoms with Crippen molar-refractivity contribution in [2.24, 2.45) is 35.5 Å². The molecule has 0 atom stereocenters. The van der Waals surface area contributed by atoms with Gasteiger partial charge in [0.25, 0.3) is 0 Å². The van der Waals surface area contributed by atoms with Crippen molar-refractivity contribution < 1.29 is 9.53 Å². The van der Waals surface area contributed by atoms with Gasteiger partial charge in [-0.25, -0.2) is 0 Å². The summed E-state index contributed by atoms with van der Waals surface area (Å²) >= 11 is 0. The highest BCUT2D eigenvalue weighted by atomic mass is 16.5. The van der Waals surface area contributed by atoms with E-state index < -0.39 is 0 Å². The molecule has 0 amide bonds. The minimum absolute atomic E-state index is 0.0239. The van der Waals surface area contributed by atoms with E-state index >= 15 is 0 Å². The highest BCUT2D eigenvalue weighted by Gasteiger charge is 2.35. The first-order valence-corrected chi connectivity index (χ1v) is 11.4. The Hall–Kier alpha value is -0.790. The molecule has 26 heavy (non-hydrogen) atoms. The Balaban J connectivity index is 1.36. The summed E-state index contributed by atoms with van der Waals surface area (Å²) in [5.41, 5.74) is 0. The summed E-state index contributed by atoms with van der Waals surface area (Å²) in [5, 5.41) is 0. The molecule has 0 saturated heterocycles. The predicted molar refractivity (Wildman–Crippen MR) is 108 cm³/mol. The Kier molecular flexibility index (Phi) is 7.64. The molecule has 2 heteroatoms. The summed E-state index contributed by atoms with van der Waals surface area (Å²) in [6, 6.07) is 0. The van der Waals surface area contributed by atoms with Crippen LogP contribution in [0.3, 0.4) is 0 Å². The summed E-state index contributed by atoms with van der Waals surface area (Å²) in [4.78, 5) is 11.7. The Morgan fingerprint density at radius 1 is 0.808 bits per heavy atom. The molecule has 3 rings (SSSR count). The number of ether oxygens (including phenoxy) is 1. The lowest BCUT2D eigenvalue weighted by Gasteiger charge is -2.41. The number of allylic oxidation sites excluding steroid dienone is 1. The van der Waals surface area contributed by atoms with Gasteiger partial charge in [-0.15, -0.1) is 6.58 Å². The molecular formula is C24H40O2. The van der Waals surface area contributed by atoms with Gasteiger partial charge in [-0.3, -0.25) is 4.79 Å². The number of carbonyl (C=O) groups is 1. The van der Waals surface area contributed by atoms with Crippen molar-refractivity contribution in [1.29, 1.82) is 0 Å². The highest BCUT2D eigenvalue weighted by Crippen LogP contribution is 2.46. The Morgan fingerprint density at radius 2 is 1.23 bits per heavy atom. The summed E-state index contributed by atoms with van der Waals surface area (Å²) in [5.74, 6) is 5.04. The van der Waals surface area contributed by atoms with Crippen molar-refractivity contribution in [3.63, 3.8) is 0 Å². The lowest BCUT2D eigenvalue weighted by atomic mass is 9.65. The van der Waals surface area contributed by atoms with Crippen LogP contribution >= 0.6 is 0 Å². The smallest absolute Gasteiger partial charge is 0.308 e. The van der Waals surface area contributed by atoms with Gasteiger partial charge in [-0.1, -0.05) is 18.9 Å². The van der Waals surface area contributed by atoms with E-state index in [1.165, 1.54) is 84.2 Å². The maximum absolute atomic E-state index is 11.7. The fourth-order valence-corrected chi connectivity index (χ4v) is 6.38. The molecule has 0 spiro atoms. The predicted octanol–water partition coefficient (Wildman–Crippen LogP) is 6.54. The molecule has 0 aliphatic heterocycles. The van der Waals surface area contributed by atoms with Gasteiger partial charge in [0.15, 0.2) is 0 Å². The van der Waals surface area contributed by atoms with Gasteiger partial charge in [0.05, 0.1) is 13.0 Å². The van der Waals surface area contributed by atoms with Gasteiger partial charge >= 0.3 is 5.97 Å². The summed E-state index contributed by atoms with van der Waals surface area (Å²) in [6.07, 6.45) is 21.1. The highest BCUT2D eigenvalue weighted by molar-refractivity contribution is 5.72. The molecule has 0 N–H and O–H groups in total. The second-order valence-corrected chi connectivity index (χ2v) is 9.46. The lowest BCUT2D eigenvalue weighted by molar-refractivity contribution is -0.147. The van der Waals surface area contributed by atoms with Crippen LogP contribution in [0, 0.1) is 35.5 Å². The van der Waals surface area contributed by atoms with Crippen molar-refractivity contribution in [2.45, 2.75) is 89.9 Å². The first-order valence-electron chi connectivity index (χ1n) is 11.4. The van der Waals surface area contributed by atoms with Crippen LogP contribution in [-0.4, -0.2) is 13.1 Å². The number of hydrogen-bond acceptors (Lipinski definition) is 2. The SMILES string of the molecule is C=CCCC1CCC(C2CCC(C3CCC(C(=O)OC)CC3)CC2)CC1. The molecule has 0 heterocycles. The number of hydrogen-bond donors (Lipinski definition) is 0. The molecule has 3 aliphatic rings. The Bertz CT molecular complexity index is 433. The zero-order valence-corrected chi connectivity index (χ0v) is 17.0. The molecule has 2 nitrogen and oxygen atoms in total. The summed E-state index contributed by atoms with van der Waals surface area (Å²) < 4.78 is 4.94. The molecule has 0 aromatic rings. The van der Waals surface area contributed by atoms with Crippen LogP contribution in [0.4, 0.5) is 0 Å². The van der Waals surface area contributed by atoms with Gasteiger partial charge in [-0.2, -0.15) is 0 Å². The molecule has 3 aliphatic carbocycles. The van der Waals surface area contributed by atoms with Crippen molar-refractivity contribution >= 4 is 5.97 Å². The van der Waals surface area contributed by atoms with Crippen LogP contribution < -0.4 is 0 Å². The number of rotatable bonds is 6. The van der Waals surface area contributed by atoms with Gasteiger partial charge in [0, 0.05) is 0 Å². The van der Waals surface area contributed by atoms with Crippen LogP contribution in [0.5, 0.6) is 0 Å². The van der Waals surface area contributed by atoms with E-state index in [-0.39, 0.29) is 11.9 Å². The average Bonchev–Trinajstić information content (AvgIpc) is 2.72. The number of carbonyl (C=O) groups excluding carboxylic acids is 1. The van der Waals surface area contributed by atoms with Crippen molar-refractivity contribution in [3.05, 3.63) is 12.7 Å². The van der Waals surface area contributed by atoms with E-state index in [2.05, 4.69) is 12.7 Å². The maximum Gasteiger partial charge on any atom is 0.308 e. The monoisotopic (exact) mass is 360 g/mol. The molecular weight excluding hydrogens is 320 g/mol. The quantitative estimate of drug-likeness (QED) is 0.397. The third kappa shape index (κ3) is 5.14. The van der Waals surface area contributed by atoms with E-state index in [1.807, 2.05) is 0 Å². The molecule has 0 aromatic heterocycles. The fourth-order valence-electron chi connectivity index (χ4n) is 6.38. The van der Waals surface area contributed by atoms with Crippen molar-refractivity contribution in [2.75, 3.05) is 7.11 Å². The second-order valence-electron chi connectivity index (χ2n) is 9.46. The zero-order chi connectivity index (χ0) is 18.4. The van der Waals surface area contributed by atoms with Crippen molar-refractivity contribution in [3.8, 4) is 0 Å². The Morgan fingerprint density at radius 3 is 1.65 bits per heavy atom. The fraction of sp³-hybridized carbons (Fsp3) is 0.875. The standard InChI is InChI=1S/C24H40O2/c1-3-4-5-18-6-8-19(9-7-18)20-10-12-21(13-11-20)22-14-16-23(17-15-22)24(25)26-2/h3,18-23H,1,4-17H2,2H3. The Labute approximate surface area is 161 Å². The van der Waals surface area contributed by atoms with Crippen LogP contribution in [0.25, 0.3) is 0 Å². The molecule has 3 fully saturated rings. The largest absolute Gasteiger partial charge is 0.469 e. The van der Waals surface area contributed by atoms with Crippen LogP contribution in [0.1, 0.15) is 89.9 Å². The molecule has 3 saturated carbocycles. The molecule has 0 aromatic carbocycles. The first-order chi connectivity index (χ1) is 12.7. The van der Waals surface area contributed by atoms with Gasteiger partial charge < -0.3 is 4.74 Å². The lowest BCUT2D eigenvalue weighted by Crippen LogP contribution is -2.31. The third-order valence-electron chi connectivity index (χ3n) is 8.13. The van der Waals surface area contributed by atoms with E-state index in [0.29, 0.717) is 0 Å². The van der Waals surface area contributed by atoms with E-state index in [9.17, 15) is 4.79 Å². The minimum Gasteiger partial charge on any atom is -0.469 e. The second kappa shape index (κ2) is 9.95. The van der Waals surface area contributed by atoms with Crippen LogP contribution in [0.15, 0.2) is 12.7 Å². The molecule has 0 radical (unpaired) electrons. The molecule has 0 bridgehead atoms. The minimum atomic E-state index is 0.0239. The first kappa shape index (κ1) is 20.0. The van der Waals surface area contributed by atoms with Gasteiger partial charge in [0.1, 0.15) is 0 Å². The summed E-state index contributed by atoms with van der Waals surface area (Å²) in [6.45, 7) is 3.87. The zero-order valence-electron chi connectivity index (χ0n) is 17.0. The van der Waals surface area contributed by atoms with Crippen LogP contribution in [-0.2, 0) is 9.53 Å². The normalized spacial score (nSPS) is 38.5.